The molecule has 154 valence electrons. The zero-order valence-electron chi connectivity index (χ0n) is 17.1. The van der Waals surface area contributed by atoms with E-state index < -0.39 is 0 Å². The number of hydrogen-bond donors (Lipinski definition) is 0. The molecule has 6 nitrogen and oxygen atoms in total. The monoisotopic (exact) mass is 395 g/mol. The molecule has 3 heterocycles. The SMILES string of the molecule is CCOC(=O)C1CCN(C(=O)c2nc(-c3ccccc3)n3c2CCCCC3)CC1. The Bertz CT molecular complexity index is 867. The number of benzene rings is 1. The number of amides is 1. The van der Waals surface area contributed by atoms with Crippen LogP contribution < -0.4 is 0 Å². The highest BCUT2D eigenvalue weighted by molar-refractivity contribution is 5.94. The van der Waals surface area contributed by atoms with Crippen molar-refractivity contribution >= 4 is 11.9 Å². The molecule has 1 amide bonds. The van der Waals surface area contributed by atoms with Gasteiger partial charge in [-0.2, -0.15) is 0 Å². The van der Waals surface area contributed by atoms with Crippen LogP contribution in [0.15, 0.2) is 30.3 Å². The first-order valence-corrected chi connectivity index (χ1v) is 10.8. The van der Waals surface area contributed by atoms with Crippen molar-refractivity contribution in [1.29, 1.82) is 0 Å². The lowest BCUT2D eigenvalue weighted by molar-refractivity contribution is -0.149. The molecule has 2 aliphatic rings. The molecule has 29 heavy (non-hydrogen) atoms. The number of nitrogens with zero attached hydrogens (tertiary/aromatic N) is 3. The first kappa shape index (κ1) is 19.7. The summed E-state index contributed by atoms with van der Waals surface area (Å²) in [5, 5.41) is 0. The summed E-state index contributed by atoms with van der Waals surface area (Å²) in [5.74, 6) is 0.659. The van der Waals surface area contributed by atoms with Crippen molar-refractivity contribution in [2.45, 2.75) is 52.0 Å². The van der Waals surface area contributed by atoms with Gasteiger partial charge in [0.1, 0.15) is 11.5 Å². The molecule has 1 saturated heterocycles. The Morgan fingerprint density at radius 1 is 1.07 bits per heavy atom. The average Bonchev–Trinajstić information content (AvgIpc) is 2.95. The molecule has 0 bridgehead atoms. The number of fused-ring (bicyclic) bond motifs is 1. The fraction of sp³-hybridized carbons (Fsp3) is 0.522. The molecule has 0 unspecified atom stereocenters. The largest absolute Gasteiger partial charge is 0.466 e. The number of hydrogen-bond acceptors (Lipinski definition) is 4. The second kappa shape index (κ2) is 8.80. The Morgan fingerprint density at radius 3 is 2.55 bits per heavy atom. The number of piperidine rings is 1. The quantitative estimate of drug-likeness (QED) is 0.741. The Balaban J connectivity index is 1.58. The van der Waals surface area contributed by atoms with Gasteiger partial charge in [-0.05, 0) is 39.0 Å². The summed E-state index contributed by atoms with van der Waals surface area (Å²) in [6.07, 6.45) is 5.58. The molecule has 1 fully saturated rings. The van der Waals surface area contributed by atoms with Crippen molar-refractivity contribution in [2.24, 2.45) is 5.92 Å². The first-order valence-electron chi connectivity index (χ1n) is 10.8. The second-order valence-corrected chi connectivity index (χ2v) is 7.88. The molecule has 0 atom stereocenters. The van der Waals surface area contributed by atoms with E-state index in [0.29, 0.717) is 38.2 Å². The molecule has 2 aromatic rings. The Labute approximate surface area is 171 Å². The van der Waals surface area contributed by atoms with Crippen molar-refractivity contribution in [1.82, 2.24) is 14.5 Å². The molecule has 0 aliphatic carbocycles. The lowest BCUT2D eigenvalue weighted by Crippen LogP contribution is -2.41. The maximum atomic E-state index is 13.4. The van der Waals surface area contributed by atoms with E-state index in [4.69, 9.17) is 9.72 Å². The average molecular weight is 396 g/mol. The molecule has 0 radical (unpaired) electrons. The van der Waals surface area contributed by atoms with Crippen LogP contribution in [0.5, 0.6) is 0 Å². The molecule has 0 N–H and O–H groups in total. The predicted molar refractivity (Wildman–Crippen MR) is 110 cm³/mol. The fourth-order valence-electron chi connectivity index (χ4n) is 4.43. The summed E-state index contributed by atoms with van der Waals surface area (Å²) < 4.78 is 7.40. The Morgan fingerprint density at radius 2 is 1.83 bits per heavy atom. The van der Waals surface area contributed by atoms with Gasteiger partial charge >= 0.3 is 5.97 Å². The van der Waals surface area contributed by atoms with Gasteiger partial charge < -0.3 is 14.2 Å². The summed E-state index contributed by atoms with van der Waals surface area (Å²) in [6, 6.07) is 10.1. The van der Waals surface area contributed by atoms with E-state index in [2.05, 4.69) is 16.7 Å². The molecule has 2 aliphatic heterocycles. The molecule has 6 heteroatoms. The molecular formula is C23H29N3O3. The van der Waals surface area contributed by atoms with Crippen LogP contribution in [0.25, 0.3) is 11.4 Å². The molecule has 0 spiro atoms. The van der Waals surface area contributed by atoms with E-state index >= 15 is 0 Å². The van der Waals surface area contributed by atoms with Gasteiger partial charge in [-0.1, -0.05) is 36.8 Å². The van der Waals surface area contributed by atoms with Gasteiger partial charge in [0.15, 0.2) is 0 Å². The summed E-state index contributed by atoms with van der Waals surface area (Å²) in [4.78, 5) is 32.1. The minimum Gasteiger partial charge on any atom is -0.466 e. The van der Waals surface area contributed by atoms with E-state index in [1.807, 2.05) is 30.0 Å². The van der Waals surface area contributed by atoms with Gasteiger partial charge in [-0.25, -0.2) is 4.98 Å². The third kappa shape index (κ3) is 4.07. The lowest BCUT2D eigenvalue weighted by Gasteiger charge is -2.30. The molecule has 0 saturated carbocycles. The van der Waals surface area contributed by atoms with E-state index in [1.54, 1.807) is 0 Å². The van der Waals surface area contributed by atoms with Gasteiger partial charge in [-0.3, -0.25) is 9.59 Å². The topological polar surface area (TPSA) is 64.4 Å². The van der Waals surface area contributed by atoms with Crippen LogP contribution in [0.1, 0.15) is 55.2 Å². The van der Waals surface area contributed by atoms with Crippen molar-refractivity contribution < 1.29 is 14.3 Å². The highest BCUT2D eigenvalue weighted by Crippen LogP contribution is 2.29. The normalized spacial score (nSPS) is 17.5. The molecule has 1 aromatic carbocycles. The Hall–Kier alpha value is -2.63. The summed E-state index contributed by atoms with van der Waals surface area (Å²) in [5.41, 5.74) is 2.72. The van der Waals surface area contributed by atoms with E-state index in [1.165, 1.54) is 6.42 Å². The van der Waals surface area contributed by atoms with Crippen LogP contribution in [-0.2, 0) is 22.5 Å². The van der Waals surface area contributed by atoms with Crippen LogP contribution in [0.4, 0.5) is 0 Å². The van der Waals surface area contributed by atoms with Gasteiger partial charge in [0.05, 0.1) is 18.2 Å². The number of esters is 1. The van der Waals surface area contributed by atoms with Gasteiger partial charge in [0.2, 0.25) is 0 Å². The van der Waals surface area contributed by atoms with Crippen LogP contribution >= 0.6 is 0 Å². The number of carbonyl (C=O) groups is 2. The number of rotatable bonds is 4. The van der Waals surface area contributed by atoms with E-state index in [-0.39, 0.29) is 17.8 Å². The standard InChI is InChI=1S/C23H29N3O3/c1-2-29-23(28)18-12-15-25(16-13-18)22(27)20-19-11-7-4-8-14-26(19)21(24-20)17-9-5-3-6-10-17/h3,5-6,9-10,18H,2,4,7-8,11-16H2,1H3. The molecule has 4 rings (SSSR count). The maximum Gasteiger partial charge on any atom is 0.309 e. The van der Waals surface area contributed by atoms with Crippen LogP contribution in [0, 0.1) is 5.92 Å². The number of ether oxygens (including phenoxy) is 1. The highest BCUT2D eigenvalue weighted by atomic mass is 16.5. The molecule has 1 aromatic heterocycles. The smallest absolute Gasteiger partial charge is 0.309 e. The van der Waals surface area contributed by atoms with E-state index in [9.17, 15) is 9.59 Å². The van der Waals surface area contributed by atoms with Crippen LogP contribution in [-0.4, -0.2) is 46.0 Å². The maximum absolute atomic E-state index is 13.4. The van der Waals surface area contributed by atoms with Gasteiger partial charge in [-0.15, -0.1) is 0 Å². The third-order valence-corrected chi connectivity index (χ3v) is 6.00. The minimum atomic E-state index is -0.137. The van der Waals surface area contributed by atoms with Crippen molar-refractivity contribution in [3.63, 3.8) is 0 Å². The molecular weight excluding hydrogens is 366 g/mol. The minimum absolute atomic E-state index is 0.000130. The van der Waals surface area contributed by atoms with Gasteiger partial charge in [0, 0.05) is 25.2 Å². The Kier molecular flexibility index (Phi) is 5.97. The van der Waals surface area contributed by atoms with Crippen molar-refractivity contribution in [3.8, 4) is 11.4 Å². The van der Waals surface area contributed by atoms with Gasteiger partial charge in [0.25, 0.3) is 5.91 Å². The van der Waals surface area contributed by atoms with Crippen molar-refractivity contribution in [3.05, 3.63) is 41.7 Å². The second-order valence-electron chi connectivity index (χ2n) is 7.88. The number of aromatic nitrogens is 2. The first-order chi connectivity index (χ1) is 14.2. The highest BCUT2D eigenvalue weighted by Gasteiger charge is 2.32. The summed E-state index contributed by atoms with van der Waals surface area (Å²) in [6.45, 7) is 4.29. The predicted octanol–water partition coefficient (Wildman–Crippen LogP) is 3.69. The summed E-state index contributed by atoms with van der Waals surface area (Å²) >= 11 is 0. The number of carbonyl (C=O) groups excluding carboxylic acids is 2. The van der Waals surface area contributed by atoms with E-state index in [0.717, 1.165) is 42.9 Å². The number of imidazole rings is 1. The zero-order chi connectivity index (χ0) is 20.2. The summed E-state index contributed by atoms with van der Waals surface area (Å²) in [7, 11) is 0. The number of likely N-dealkylation sites (tertiary alicyclic amines) is 1. The lowest BCUT2D eigenvalue weighted by atomic mass is 9.96. The third-order valence-electron chi connectivity index (χ3n) is 6.00. The van der Waals surface area contributed by atoms with Crippen LogP contribution in [0.2, 0.25) is 0 Å². The van der Waals surface area contributed by atoms with Crippen molar-refractivity contribution in [2.75, 3.05) is 19.7 Å². The van der Waals surface area contributed by atoms with Crippen LogP contribution in [0.3, 0.4) is 0 Å². The fourth-order valence-corrected chi connectivity index (χ4v) is 4.43. The zero-order valence-corrected chi connectivity index (χ0v) is 17.1.